The minimum atomic E-state index is 0.438. The molecule has 3 nitrogen and oxygen atoms in total. The molecular weight excluding hydrogens is 334 g/mol. The van der Waals surface area contributed by atoms with Crippen LogP contribution in [0.15, 0.2) is 0 Å². The second kappa shape index (κ2) is 9.59. The summed E-state index contributed by atoms with van der Waals surface area (Å²) in [6, 6.07) is 0.705. The highest BCUT2D eigenvalue weighted by Gasteiger charge is 2.45. The lowest BCUT2D eigenvalue weighted by Gasteiger charge is -2.51. The third-order valence-electron chi connectivity index (χ3n) is 8.04. The molecular formula is C24H45NO2. The van der Waals surface area contributed by atoms with Gasteiger partial charge in [-0.1, -0.05) is 34.6 Å². The van der Waals surface area contributed by atoms with Gasteiger partial charge in [-0.2, -0.15) is 0 Å². The molecule has 8 atom stereocenters. The number of nitrogens with zero attached hydrogens (tertiary/aromatic N) is 1. The molecule has 3 fully saturated rings. The van der Waals surface area contributed by atoms with E-state index in [9.17, 15) is 0 Å². The van der Waals surface area contributed by atoms with Crippen molar-refractivity contribution >= 4 is 0 Å². The third-order valence-corrected chi connectivity index (χ3v) is 8.04. The second-order valence-corrected chi connectivity index (χ2v) is 10.7. The van der Waals surface area contributed by atoms with Gasteiger partial charge in [0.1, 0.15) is 0 Å². The number of hydrogen-bond donors (Lipinski definition) is 0. The molecule has 0 N–H and O–H groups in total. The van der Waals surface area contributed by atoms with E-state index in [1.807, 2.05) is 7.11 Å². The van der Waals surface area contributed by atoms with Crippen LogP contribution < -0.4 is 0 Å². The maximum absolute atomic E-state index is 6.31. The third kappa shape index (κ3) is 5.08. The molecule has 0 aromatic heterocycles. The first kappa shape index (κ1) is 21.6. The Bertz CT molecular complexity index is 454. The van der Waals surface area contributed by atoms with Gasteiger partial charge in [0.25, 0.3) is 0 Å². The summed E-state index contributed by atoms with van der Waals surface area (Å²) >= 11 is 0. The molecule has 0 bridgehead atoms. The monoisotopic (exact) mass is 379 g/mol. The standard InChI is InChI=1S/C24H45NO2/c1-16(2)13-25-10-9-18(4)12-23(25)22-15-27-14-21(19(22)5)20-11-17(3)7-8-24(20)26-6/h16-24H,7-15H2,1-6H3. The highest BCUT2D eigenvalue weighted by molar-refractivity contribution is 4.95. The number of piperidine rings is 1. The Balaban J connectivity index is 1.75. The zero-order valence-corrected chi connectivity index (χ0v) is 18.8. The molecule has 0 aromatic rings. The molecule has 2 aliphatic heterocycles. The summed E-state index contributed by atoms with van der Waals surface area (Å²) in [6.07, 6.45) is 7.03. The number of rotatable bonds is 5. The Morgan fingerprint density at radius 3 is 2.33 bits per heavy atom. The van der Waals surface area contributed by atoms with Crippen molar-refractivity contribution in [1.82, 2.24) is 4.90 Å². The van der Waals surface area contributed by atoms with Gasteiger partial charge in [-0.15, -0.1) is 0 Å². The number of hydrogen-bond acceptors (Lipinski definition) is 3. The predicted molar refractivity (Wildman–Crippen MR) is 113 cm³/mol. The molecule has 2 heterocycles. The first-order valence-electron chi connectivity index (χ1n) is 11.7. The van der Waals surface area contributed by atoms with E-state index in [1.165, 1.54) is 45.2 Å². The number of methoxy groups -OCH3 is 1. The Hall–Kier alpha value is -0.120. The summed E-state index contributed by atoms with van der Waals surface area (Å²) in [5.74, 6) is 5.18. The van der Waals surface area contributed by atoms with Crippen LogP contribution in [0.2, 0.25) is 0 Å². The molecule has 3 heteroatoms. The minimum absolute atomic E-state index is 0.438. The van der Waals surface area contributed by atoms with Gasteiger partial charge >= 0.3 is 0 Å². The van der Waals surface area contributed by atoms with E-state index in [0.29, 0.717) is 29.9 Å². The highest BCUT2D eigenvalue weighted by Crippen LogP contribution is 2.44. The molecule has 0 aromatic carbocycles. The van der Waals surface area contributed by atoms with E-state index >= 15 is 0 Å². The Morgan fingerprint density at radius 2 is 1.63 bits per heavy atom. The number of ether oxygens (including phenoxy) is 2. The van der Waals surface area contributed by atoms with Gasteiger partial charge < -0.3 is 9.47 Å². The van der Waals surface area contributed by atoms with Crippen molar-refractivity contribution in [2.75, 3.05) is 33.4 Å². The van der Waals surface area contributed by atoms with Crippen molar-refractivity contribution in [2.24, 2.45) is 41.4 Å². The summed E-state index contributed by atoms with van der Waals surface area (Å²) < 4.78 is 12.3. The van der Waals surface area contributed by atoms with E-state index < -0.39 is 0 Å². The second-order valence-electron chi connectivity index (χ2n) is 10.7. The SMILES string of the molecule is COC1CCC(C)CC1C1COCC(C2CC(C)CCN2CC(C)C)C1C. The van der Waals surface area contributed by atoms with Crippen LogP contribution in [-0.4, -0.2) is 50.5 Å². The Kier molecular flexibility index (Phi) is 7.66. The van der Waals surface area contributed by atoms with Crippen LogP contribution in [0.1, 0.15) is 66.7 Å². The van der Waals surface area contributed by atoms with Crippen molar-refractivity contribution in [1.29, 1.82) is 0 Å². The van der Waals surface area contributed by atoms with E-state index in [-0.39, 0.29) is 0 Å². The quantitative estimate of drug-likeness (QED) is 0.664. The van der Waals surface area contributed by atoms with Crippen LogP contribution in [0, 0.1) is 41.4 Å². The summed E-state index contributed by atoms with van der Waals surface area (Å²) in [5.41, 5.74) is 0. The summed E-state index contributed by atoms with van der Waals surface area (Å²) in [5, 5.41) is 0. The molecule has 0 amide bonds. The minimum Gasteiger partial charge on any atom is -0.381 e. The lowest BCUT2D eigenvalue weighted by atomic mass is 9.65. The fourth-order valence-corrected chi connectivity index (χ4v) is 6.45. The van der Waals surface area contributed by atoms with Gasteiger partial charge in [0.05, 0.1) is 19.3 Å². The smallest absolute Gasteiger partial charge is 0.0603 e. The van der Waals surface area contributed by atoms with Gasteiger partial charge in [-0.3, -0.25) is 4.90 Å². The topological polar surface area (TPSA) is 21.7 Å². The molecule has 8 unspecified atom stereocenters. The largest absolute Gasteiger partial charge is 0.381 e. The molecule has 27 heavy (non-hydrogen) atoms. The van der Waals surface area contributed by atoms with Crippen molar-refractivity contribution in [2.45, 2.75) is 78.9 Å². The summed E-state index contributed by atoms with van der Waals surface area (Å²) in [7, 11) is 1.92. The van der Waals surface area contributed by atoms with Crippen molar-refractivity contribution < 1.29 is 9.47 Å². The molecule has 0 spiro atoms. The van der Waals surface area contributed by atoms with Crippen LogP contribution in [-0.2, 0) is 9.47 Å². The molecule has 158 valence electrons. The van der Waals surface area contributed by atoms with Crippen LogP contribution >= 0.6 is 0 Å². The first-order valence-corrected chi connectivity index (χ1v) is 11.7. The van der Waals surface area contributed by atoms with Gasteiger partial charge in [0.15, 0.2) is 0 Å². The zero-order chi connectivity index (χ0) is 19.6. The van der Waals surface area contributed by atoms with Crippen molar-refractivity contribution in [3.63, 3.8) is 0 Å². The van der Waals surface area contributed by atoms with E-state index in [2.05, 4.69) is 39.5 Å². The summed E-state index contributed by atoms with van der Waals surface area (Å²) in [4.78, 5) is 2.81. The van der Waals surface area contributed by atoms with Gasteiger partial charge in [0, 0.05) is 25.6 Å². The average molecular weight is 380 g/mol. The van der Waals surface area contributed by atoms with E-state index in [1.54, 1.807) is 0 Å². The van der Waals surface area contributed by atoms with E-state index in [4.69, 9.17) is 9.47 Å². The molecule has 2 saturated heterocycles. The molecule has 3 aliphatic rings. The van der Waals surface area contributed by atoms with Crippen LogP contribution in [0.4, 0.5) is 0 Å². The molecule has 1 saturated carbocycles. The Labute approximate surface area is 168 Å². The fourth-order valence-electron chi connectivity index (χ4n) is 6.45. The highest BCUT2D eigenvalue weighted by atomic mass is 16.5. The van der Waals surface area contributed by atoms with Gasteiger partial charge in [-0.05, 0) is 74.2 Å². The Morgan fingerprint density at radius 1 is 0.926 bits per heavy atom. The molecule has 1 aliphatic carbocycles. The van der Waals surface area contributed by atoms with E-state index in [0.717, 1.165) is 36.9 Å². The maximum Gasteiger partial charge on any atom is 0.0603 e. The predicted octanol–water partition coefficient (Wildman–Crippen LogP) is 5.09. The molecule has 0 radical (unpaired) electrons. The van der Waals surface area contributed by atoms with Crippen LogP contribution in [0.5, 0.6) is 0 Å². The summed E-state index contributed by atoms with van der Waals surface area (Å²) in [6.45, 7) is 16.6. The van der Waals surface area contributed by atoms with Gasteiger partial charge in [0.2, 0.25) is 0 Å². The van der Waals surface area contributed by atoms with Crippen molar-refractivity contribution in [3.05, 3.63) is 0 Å². The van der Waals surface area contributed by atoms with Gasteiger partial charge in [-0.25, -0.2) is 0 Å². The first-order chi connectivity index (χ1) is 12.9. The maximum atomic E-state index is 6.31. The average Bonchev–Trinajstić information content (AvgIpc) is 2.63. The normalized spacial score (nSPS) is 44.6. The van der Waals surface area contributed by atoms with Crippen LogP contribution in [0.3, 0.4) is 0 Å². The fraction of sp³-hybridized carbons (Fsp3) is 1.00. The lowest BCUT2D eigenvalue weighted by Crippen LogP contribution is -2.54. The number of likely N-dealkylation sites (tertiary alicyclic amines) is 1. The van der Waals surface area contributed by atoms with Crippen molar-refractivity contribution in [3.8, 4) is 0 Å². The lowest BCUT2D eigenvalue weighted by molar-refractivity contribution is -0.117. The molecule has 3 rings (SSSR count). The zero-order valence-electron chi connectivity index (χ0n) is 18.8. The van der Waals surface area contributed by atoms with Crippen LogP contribution in [0.25, 0.3) is 0 Å².